The summed E-state index contributed by atoms with van der Waals surface area (Å²) in [4.78, 5) is 26.1. The molecule has 1 aromatic heterocycles. The Morgan fingerprint density at radius 2 is 2.26 bits per heavy atom. The molecule has 102 valence electrons. The summed E-state index contributed by atoms with van der Waals surface area (Å²) in [5, 5.41) is 11.2. The number of hydrogen-bond donors (Lipinski definition) is 2. The van der Waals surface area contributed by atoms with E-state index in [0.717, 1.165) is 6.08 Å². The first kappa shape index (κ1) is 14.8. The van der Waals surface area contributed by atoms with Gasteiger partial charge in [-0.1, -0.05) is 0 Å². The minimum atomic E-state index is -1.05. The molecule has 0 bridgehead atoms. The van der Waals surface area contributed by atoms with Gasteiger partial charge in [0.2, 0.25) is 0 Å². The average molecular weight is 264 g/mol. The lowest BCUT2D eigenvalue weighted by molar-refractivity contribution is -0.131. The number of rotatable bonds is 6. The van der Waals surface area contributed by atoms with E-state index in [1.54, 1.807) is 13.2 Å². The van der Waals surface area contributed by atoms with Gasteiger partial charge in [-0.3, -0.25) is 9.78 Å². The highest BCUT2D eigenvalue weighted by molar-refractivity contribution is 5.94. The molecule has 0 fully saturated rings. The monoisotopic (exact) mass is 264 g/mol. The molecule has 1 rings (SSSR count). The summed E-state index contributed by atoms with van der Waals surface area (Å²) in [6.45, 7) is 2.23. The second-order valence-corrected chi connectivity index (χ2v) is 3.93. The van der Waals surface area contributed by atoms with Crippen molar-refractivity contribution in [2.45, 2.75) is 13.0 Å². The molecule has 2 N–H and O–H groups in total. The van der Waals surface area contributed by atoms with Crippen LogP contribution in [0.2, 0.25) is 0 Å². The number of nitrogens with one attached hydrogen (secondary N) is 1. The molecule has 1 aromatic rings. The third-order valence-electron chi connectivity index (χ3n) is 2.39. The van der Waals surface area contributed by atoms with Crippen LogP contribution < -0.4 is 5.32 Å². The third kappa shape index (κ3) is 5.31. The van der Waals surface area contributed by atoms with Crippen molar-refractivity contribution < 1.29 is 19.4 Å². The Labute approximate surface area is 111 Å². The molecule has 0 aliphatic rings. The topological polar surface area (TPSA) is 88.5 Å². The molecule has 6 nitrogen and oxygen atoms in total. The van der Waals surface area contributed by atoms with Crippen molar-refractivity contribution in [1.29, 1.82) is 0 Å². The Balaban J connectivity index is 2.70. The van der Waals surface area contributed by atoms with E-state index in [9.17, 15) is 9.59 Å². The second kappa shape index (κ2) is 7.27. The minimum Gasteiger partial charge on any atom is -0.478 e. The van der Waals surface area contributed by atoms with E-state index in [1.165, 1.54) is 18.5 Å². The highest BCUT2D eigenvalue weighted by Crippen LogP contribution is 2.05. The fourth-order valence-electron chi connectivity index (χ4n) is 1.26. The van der Waals surface area contributed by atoms with Crippen molar-refractivity contribution in [3.05, 3.63) is 35.7 Å². The fraction of sp³-hybridized carbons (Fsp3) is 0.308. The molecule has 0 spiro atoms. The molecule has 1 atom stereocenters. The Kier molecular flexibility index (Phi) is 5.69. The van der Waals surface area contributed by atoms with Crippen molar-refractivity contribution in [3.8, 4) is 0 Å². The minimum absolute atomic E-state index is 0.0769. The Morgan fingerprint density at radius 3 is 2.89 bits per heavy atom. The van der Waals surface area contributed by atoms with Crippen LogP contribution in [0.25, 0.3) is 6.08 Å². The molecule has 6 heteroatoms. The summed E-state index contributed by atoms with van der Waals surface area (Å²) < 4.78 is 5.02. The maximum absolute atomic E-state index is 11.8. The lowest BCUT2D eigenvalue weighted by atomic mass is 10.2. The molecule has 1 amide bonds. The molecule has 1 unspecified atom stereocenters. The second-order valence-electron chi connectivity index (χ2n) is 3.93. The van der Waals surface area contributed by atoms with Crippen LogP contribution in [0.1, 0.15) is 22.8 Å². The zero-order chi connectivity index (χ0) is 14.3. The van der Waals surface area contributed by atoms with Crippen LogP contribution in [-0.2, 0) is 9.53 Å². The first-order valence-corrected chi connectivity index (χ1v) is 5.70. The number of ether oxygens (including phenoxy) is 1. The highest BCUT2D eigenvalue weighted by Gasteiger charge is 2.08. The zero-order valence-corrected chi connectivity index (χ0v) is 10.8. The van der Waals surface area contributed by atoms with E-state index in [4.69, 9.17) is 9.84 Å². The van der Waals surface area contributed by atoms with Gasteiger partial charge in [-0.15, -0.1) is 0 Å². The van der Waals surface area contributed by atoms with Gasteiger partial charge in [0.25, 0.3) is 5.91 Å². The van der Waals surface area contributed by atoms with Gasteiger partial charge in [0.05, 0.1) is 11.7 Å². The lowest BCUT2D eigenvalue weighted by Gasteiger charge is -2.10. The highest BCUT2D eigenvalue weighted by atomic mass is 16.5. The molecule has 0 aromatic carbocycles. The van der Waals surface area contributed by atoms with Crippen molar-refractivity contribution in [1.82, 2.24) is 10.3 Å². The summed E-state index contributed by atoms with van der Waals surface area (Å²) in [6, 6.07) is 1.57. The average Bonchev–Trinajstić information content (AvgIpc) is 2.42. The van der Waals surface area contributed by atoms with Crippen LogP contribution in [0.3, 0.4) is 0 Å². The number of carbonyl (C=O) groups excluding carboxylic acids is 1. The molecular formula is C13H16N2O4. The van der Waals surface area contributed by atoms with Crippen molar-refractivity contribution in [2.75, 3.05) is 13.7 Å². The van der Waals surface area contributed by atoms with Gasteiger partial charge in [0.15, 0.2) is 0 Å². The number of amides is 1. The first-order valence-electron chi connectivity index (χ1n) is 5.70. The summed E-state index contributed by atoms with van der Waals surface area (Å²) in [5.41, 5.74) is 0.922. The van der Waals surface area contributed by atoms with Crippen LogP contribution in [0.5, 0.6) is 0 Å². The molecule has 0 saturated carbocycles. The van der Waals surface area contributed by atoms with Gasteiger partial charge in [-0.05, 0) is 24.6 Å². The normalized spacial score (nSPS) is 12.3. The van der Waals surface area contributed by atoms with Gasteiger partial charge in [0, 0.05) is 32.1 Å². The van der Waals surface area contributed by atoms with Crippen LogP contribution in [0.15, 0.2) is 24.5 Å². The summed E-state index contributed by atoms with van der Waals surface area (Å²) in [7, 11) is 1.57. The number of carboxylic acids is 1. The number of aliphatic carboxylic acids is 1. The van der Waals surface area contributed by atoms with Gasteiger partial charge in [-0.2, -0.15) is 0 Å². The predicted molar refractivity (Wildman–Crippen MR) is 69.7 cm³/mol. The number of carboxylic acid groups (broad SMARTS) is 1. The van der Waals surface area contributed by atoms with Crippen LogP contribution in [0, 0.1) is 0 Å². The van der Waals surface area contributed by atoms with Crippen LogP contribution in [0.4, 0.5) is 0 Å². The number of pyridine rings is 1. The zero-order valence-electron chi connectivity index (χ0n) is 10.8. The fourth-order valence-corrected chi connectivity index (χ4v) is 1.26. The summed E-state index contributed by atoms with van der Waals surface area (Å²) in [6.07, 6.45) is 5.20. The van der Waals surface area contributed by atoms with E-state index in [0.29, 0.717) is 17.7 Å². The quantitative estimate of drug-likeness (QED) is 0.747. The van der Waals surface area contributed by atoms with Gasteiger partial charge in [0.1, 0.15) is 0 Å². The number of carbonyl (C=O) groups is 2. The molecule has 0 radical (unpaired) electrons. The van der Waals surface area contributed by atoms with Crippen LogP contribution >= 0.6 is 0 Å². The number of aromatic nitrogens is 1. The smallest absolute Gasteiger partial charge is 0.328 e. The molecular weight excluding hydrogens is 248 g/mol. The molecule has 0 aliphatic heterocycles. The van der Waals surface area contributed by atoms with Crippen molar-refractivity contribution in [2.24, 2.45) is 0 Å². The first-order chi connectivity index (χ1) is 9.02. The Hall–Kier alpha value is -2.21. The number of hydrogen-bond acceptors (Lipinski definition) is 4. The SMILES string of the molecule is COC(C)CNC(=O)c1cncc(/C=C/C(=O)O)c1. The van der Waals surface area contributed by atoms with E-state index in [2.05, 4.69) is 10.3 Å². The summed E-state index contributed by atoms with van der Waals surface area (Å²) in [5.74, 6) is -1.33. The molecule has 19 heavy (non-hydrogen) atoms. The number of methoxy groups -OCH3 is 1. The summed E-state index contributed by atoms with van der Waals surface area (Å²) >= 11 is 0. The predicted octanol–water partition coefficient (Wildman–Crippen LogP) is 0.944. The Bertz CT molecular complexity index is 485. The maximum atomic E-state index is 11.8. The third-order valence-corrected chi connectivity index (χ3v) is 2.39. The molecule has 0 aliphatic carbocycles. The van der Waals surface area contributed by atoms with Gasteiger partial charge in [-0.25, -0.2) is 4.79 Å². The lowest BCUT2D eigenvalue weighted by Crippen LogP contribution is -2.31. The Morgan fingerprint density at radius 1 is 1.53 bits per heavy atom. The van der Waals surface area contributed by atoms with Gasteiger partial charge >= 0.3 is 5.97 Å². The van der Waals surface area contributed by atoms with E-state index < -0.39 is 5.97 Å². The molecule has 0 saturated heterocycles. The van der Waals surface area contributed by atoms with Crippen LogP contribution in [-0.4, -0.2) is 41.7 Å². The standard InChI is InChI=1S/C13H16N2O4/c1-9(19-2)6-15-13(18)11-5-10(7-14-8-11)3-4-12(16)17/h3-5,7-9H,6H2,1-2H3,(H,15,18)(H,16,17)/b4-3+. The largest absolute Gasteiger partial charge is 0.478 e. The van der Waals surface area contributed by atoms with E-state index >= 15 is 0 Å². The van der Waals surface area contributed by atoms with E-state index in [-0.39, 0.29) is 12.0 Å². The molecule has 1 heterocycles. The van der Waals surface area contributed by atoms with Crippen molar-refractivity contribution >= 4 is 18.0 Å². The van der Waals surface area contributed by atoms with Crippen molar-refractivity contribution in [3.63, 3.8) is 0 Å². The number of nitrogens with zero attached hydrogens (tertiary/aromatic N) is 1. The van der Waals surface area contributed by atoms with E-state index in [1.807, 2.05) is 6.92 Å². The maximum Gasteiger partial charge on any atom is 0.328 e. The van der Waals surface area contributed by atoms with Gasteiger partial charge < -0.3 is 15.2 Å².